The molecule has 0 bridgehead atoms. The van der Waals surface area contributed by atoms with Crippen LogP contribution in [0.3, 0.4) is 0 Å². The Morgan fingerprint density at radius 3 is 1.71 bits per heavy atom. The van der Waals surface area contributed by atoms with Crippen LogP contribution in [-0.2, 0) is 9.53 Å². The van der Waals surface area contributed by atoms with E-state index < -0.39 is 0 Å². The zero-order valence-corrected chi connectivity index (χ0v) is 16.4. The molecule has 3 heteroatoms. The first-order valence-corrected chi connectivity index (χ1v) is 10.5. The van der Waals surface area contributed by atoms with Gasteiger partial charge in [0.25, 0.3) is 0 Å². The van der Waals surface area contributed by atoms with E-state index in [-0.39, 0.29) is 12.1 Å². The fraction of sp³-hybridized carbons (Fsp3) is 0.952. The van der Waals surface area contributed by atoms with Gasteiger partial charge in [0.1, 0.15) is 0 Å². The number of carbonyl (C=O) groups is 1. The summed E-state index contributed by atoms with van der Waals surface area (Å²) in [5.74, 6) is -0.0268. The van der Waals surface area contributed by atoms with E-state index in [0.717, 1.165) is 32.1 Å². The Labute approximate surface area is 150 Å². The third-order valence-corrected chi connectivity index (χ3v) is 4.61. The lowest BCUT2D eigenvalue weighted by molar-refractivity contribution is -0.143. The third-order valence-electron chi connectivity index (χ3n) is 4.61. The van der Waals surface area contributed by atoms with Crippen molar-refractivity contribution in [3.63, 3.8) is 0 Å². The lowest BCUT2D eigenvalue weighted by Crippen LogP contribution is -2.04. The number of rotatable bonds is 18. The summed E-state index contributed by atoms with van der Waals surface area (Å²) in [4.78, 5) is 11.3. The molecular formula is C21H42O3. The Kier molecular flexibility index (Phi) is 18.3. The van der Waals surface area contributed by atoms with Crippen molar-refractivity contribution < 1.29 is 14.6 Å². The largest absolute Gasteiger partial charge is 0.466 e. The van der Waals surface area contributed by atoms with Gasteiger partial charge in [-0.3, -0.25) is 4.79 Å². The van der Waals surface area contributed by atoms with Gasteiger partial charge < -0.3 is 9.84 Å². The number of ether oxygens (including phenoxy) is 1. The van der Waals surface area contributed by atoms with Gasteiger partial charge in [0.2, 0.25) is 0 Å². The van der Waals surface area contributed by atoms with E-state index in [2.05, 4.69) is 0 Å². The summed E-state index contributed by atoms with van der Waals surface area (Å²) in [5.41, 5.74) is 0. The molecule has 0 aliphatic heterocycles. The van der Waals surface area contributed by atoms with Crippen LogP contribution in [0, 0.1) is 0 Å². The van der Waals surface area contributed by atoms with Gasteiger partial charge in [-0.1, -0.05) is 84.5 Å². The first-order valence-electron chi connectivity index (χ1n) is 10.5. The van der Waals surface area contributed by atoms with Gasteiger partial charge in [0, 0.05) is 6.42 Å². The molecule has 0 aliphatic carbocycles. The average molecular weight is 343 g/mol. The van der Waals surface area contributed by atoms with Gasteiger partial charge in [-0.25, -0.2) is 0 Å². The molecule has 0 heterocycles. The van der Waals surface area contributed by atoms with Crippen molar-refractivity contribution in [1.29, 1.82) is 0 Å². The average Bonchev–Trinajstić information content (AvgIpc) is 2.59. The quantitative estimate of drug-likeness (QED) is 0.239. The van der Waals surface area contributed by atoms with Crippen molar-refractivity contribution in [1.82, 2.24) is 0 Å². The minimum absolute atomic E-state index is 0.0268. The Balaban J connectivity index is 3.09. The first kappa shape index (κ1) is 23.4. The lowest BCUT2D eigenvalue weighted by atomic mass is 10.0. The van der Waals surface area contributed by atoms with Crippen molar-refractivity contribution >= 4 is 5.97 Å². The van der Waals surface area contributed by atoms with Crippen LogP contribution >= 0.6 is 0 Å². The van der Waals surface area contributed by atoms with E-state index in [0.29, 0.717) is 13.0 Å². The van der Waals surface area contributed by atoms with Crippen LogP contribution in [-0.4, -0.2) is 23.8 Å². The fourth-order valence-corrected chi connectivity index (χ4v) is 2.91. The zero-order valence-electron chi connectivity index (χ0n) is 16.4. The summed E-state index contributed by atoms with van der Waals surface area (Å²) in [5, 5.41) is 9.47. The van der Waals surface area contributed by atoms with Crippen LogP contribution in [0.2, 0.25) is 0 Å². The molecule has 0 spiro atoms. The number of esters is 1. The molecule has 24 heavy (non-hydrogen) atoms. The van der Waals surface area contributed by atoms with Crippen molar-refractivity contribution in [2.75, 3.05) is 6.61 Å². The highest BCUT2D eigenvalue weighted by atomic mass is 16.5. The summed E-state index contributed by atoms with van der Waals surface area (Å²) in [6, 6.07) is 0. The van der Waals surface area contributed by atoms with Crippen molar-refractivity contribution in [3.05, 3.63) is 0 Å². The highest BCUT2D eigenvalue weighted by Crippen LogP contribution is 2.14. The number of aliphatic hydroxyl groups is 1. The summed E-state index contributed by atoms with van der Waals surface area (Å²) >= 11 is 0. The number of carbonyl (C=O) groups excluding carboxylic acids is 1. The molecule has 0 aromatic heterocycles. The summed E-state index contributed by atoms with van der Waals surface area (Å²) in [6.45, 7) is 4.64. The second-order valence-corrected chi connectivity index (χ2v) is 7.06. The van der Waals surface area contributed by atoms with Crippen LogP contribution in [0.25, 0.3) is 0 Å². The molecule has 1 unspecified atom stereocenters. The molecule has 0 rings (SSSR count). The Morgan fingerprint density at radius 1 is 0.792 bits per heavy atom. The predicted molar refractivity (Wildman–Crippen MR) is 102 cm³/mol. The van der Waals surface area contributed by atoms with E-state index >= 15 is 0 Å². The number of aliphatic hydroxyl groups excluding tert-OH is 1. The minimum Gasteiger partial charge on any atom is -0.466 e. The second kappa shape index (κ2) is 18.8. The van der Waals surface area contributed by atoms with Crippen LogP contribution in [0.1, 0.15) is 117 Å². The van der Waals surface area contributed by atoms with Gasteiger partial charge >= 0.3 is 5.97 Å². The number of hydrogen-bond acceptors (Lipinski definition) is 3. The Morgan fingerprint density at radius 2 is 1.25 bits per heavy atom. The lowest BCUT2D eigenvalue weighted by Gasteiger charge is -2.06. The van der Waals surface area contributed by atoms with Gasteiger partial charge in [0.05, 0.1) is 12.7 Å². The molecule has 0 fully saturated rings. The number of hydrogen-bond donors (Lipinski definition) is 1. The van der Waals surface area contributed by atoms with Crippen molar-refractivity contribution in [2.45, 2.75) is 123 Å². The van der Waals surface area contributed by atoms with E-state index in [9.17, 15) is 9.90 Å². The van der Waals surface area contributed by atoms with E-state index in [1.807, 2.05) is 13.8 Å². The first-order chi connectivity index (χ1) is 11.7. The van der Waals surface area contributed by atoms with Crippen molar-refractivity contribution in [2.24, 2.45) is 0 Å². The Bertz CT molecular complexity index is 266. The monoisotopic (exact) mass is 342 g/mol. The highest BCUT2D eigenvalue weighted by Gasteiger charge is 2.01. The van der Waals surface area contributed by atoms with Crippen LogP contribution in [0.4, 0.5) is 0 Å². The second-order valence-electron chi connectivity index (χ2n) is 7.06. The number of unbranched alkanes of at least 4 members (excludes halogenated alkanes) is 11. The zero-order chi connectivity index (χ0) is 17.9. The van der Waals surface area contributed by atoms with Crippen molar-refractivity contribution in [3.8, 4) is 0 Å². The van der Waals surface area contributed by atoms with Crippen LogP contribution < -0.4 is 0 Å². The molecule has 0 amide bonds. The molecule has 3 nitrogen and oxygen atoms in total. The Hall–Kier alpha value is -0.570. The molecule has 144 valence electrons. The summed E-state index contributed by atoms with van der Waals surface area (Å²) < 4.78 is 5.06. The maximum atomic E-state index is 11.3. The molecule has 0 saturated heterocycles. The minimum atomic E-state index is -0.0769. The molecule has 1 atom stereocenters. The summed E-state index contributed by atoms with van der Waals surface area (Å²) in [6.07, 6.45) is 18.5. The van der Waals surface area contributed by atoms with E-state index in [4.69, 9.17) is 4.74 Å². The standard InChI is InChI=1S/C21H42O3/c1-3-19-24-21(23)18-16-14-12-10-8-6-5-7-9-11-13-15-17-20(22)4-2/h20,22H,3-19H2,1-2H3. The smallest absolute Gasteiger partial charge is 0.305 e. The molecule has 0 radical (unpaired) electrons. The van der Waals surface area contributed by atoms with Gasteiger partial charge in [0.15, 0.2) is 0 Å². The highest BCUT2D eigenvalue weighted by molar-refractivity contribution is 5.69. The molecule has 0 saturated carbocycles. The molecular weight excluding hydrogens is 300 g/mol. The molecule has 1 N–H and O–H groups in total. The van der Waals surface area contributed by atoms with Crippen LogP contribution in [0.5, 0.6) is 0 Å². The topological polar surface area (TPSA) is 46.5 Å². The molecule has 0 aliphatic rings. The van der Waals surface area contributed by atoms with E-state index in [1.54, 1.807) is 0 Å². The molecule has 0 aromatic carbocycles. The van der Waals surface area contributed by atoms with Gasteiger partial charge in [-0.2, -0.15) is 0 Å². The maximum absolute atomic E-state index is 11.3. The van der Waals surface area contributed by atoms with E-state index in [1.165, 1.54) is 64.2 Å². The van der Waals surface area contributed by atoms with Gasteiger partial charge in [-0.15, -0.1) is 0 Å². The fourth-order valence-electron chi connectivity index (χ4n) is 2.91. The van der Waals surface area contributed by atoms with Crippen LogP contribution in [0.15, 0.2) is 0 Å². The SMILES string of the molecule is CCCOC(=O)CCCCCCCCCCCCCCC(O)CC. The predicted octanol–water partition coefficient (Wildman–Crippen LogP) is 6.17. The summed E-state index contributed by atoms with van der Waals surface area (Å²) in [7, 11) is 0. The van der Waals surface area contributed by atoms with Gasteiger partial charge in [-0.05, 0) is 25.7 Å². The normalized spacial score (nSPS) is 12.3. The molecule has 0 aromatic rings. The maximum Gasteiger partial charge on any atom is 0.305 e. The third kappa shape index (κ3) is 17.8.